The number of aliphatic carboxylic acids is 1. The summed E-state index contributed by atoms with van der Waals surface area (Å²) in [4.78, 5) is 37.4. The van der Waals surface area contributed by atoms with Gasteiger partial charge in [0.1, 0.15) is 0 Å². The first-order valence-electron chi connectivity index (χ1n) is 8.85. The van der Waals surface area contributed by atoms with Crippen LogP contribution in [0.4, 0.5) is 5.69 Å². The van der Waals surface area contributed by atoms with Crippen LogP contribution in [-0.4, -0.2) is 53.6 Å². The molecule has 1 aromatic carbocycles. The van der Waals surface area contributed by atoms with Crippen molar-refractivity contribution in [3.63, 3.8) is 0 Å². The van der Waals surface area contributed by atoms with Crippen LogP contribution in [0.2, 0.25) is 0 Å². The second-order valence-corrected chi connectivity index (χ2v) is 7.19. The van der Waals surface area contributed by atoms with Crippen molar-refractivity contribution in [1.82, 2.24) is 4.90 Å². The fraction of sp³-hybridized carbons (Fsp3) is 0.526. The number of methoxy groups -OCH3 is 1. The van der Waals surface area contributed by atoms with Crippen molar-refractivity contribution in [1.29, 1.82) is 0 Å². The summed E-state index contributed by atoms with van der Waals surface area (Å²) in [6.07, 6.45) is 1.19. The fourth-order valence-corrected chi connectivity index (χ4v) is 3.47. The highest BCUT2D eigenvalue weighted by Crippen LogP contribution is 2.38. The third-order valence-electron chi connectivity index (χ3n) is 5.23. The van der Waals surface area contributed by atoms with Crippen molar-refractivity contribution >= 4 is 23.5 Å². The van der Waals surface area contributed by atoms with E-state index < -0.39 is 5.97 Å². The Hall–Kier alpha value is -2.41. The molecule has 0 spiro atoms. The second-order valence-electron chi connectivity index (χ2n) is 7.19. The number of benzene rings is 1. The lowest BCUT2D eigenvalue weighted by molar-refractivity contribution is -0.138. The number of carboxylic acids is 1. The van der Waals surface area contributed by atoms with E-state index in [4.69, 9.17) is 9.84 Å². The van der Waals surface area contributed by atoms with Crippen LogP contribution in [0.1, 0.15) is 36.5 Å². The summed E-state index contributed by atoms with van der Waals surface area (Å²) in [6, 6.07) is 6.35. The molecular formula is C19H24N2O5. The molecule has 2 aliphatic rings. The van der Waals surface area contributed by atoms with E-state index in [1.165, 1.54) is 0 Å². The van der Waals surface area contributed by atoms with Gasteiger partial charge in [-0.05, 0) is 43.0 Å². The summed E-state index contributed by atoms with van der Waals surface area (Å²) in [5, 5.41) is 11.9. The normalized spacial score (nSPS) is 27.2. The second kappa shape index (κ2) is 7.45. The zero-order valence-corrected chi connectivity index (χ0v) is 15.0. The first kappa shape index (κ1) is 18.4. The Morgan fingerprint density at radius 2 is 1.88 bits per heavy atom. The molecule has 3 rings (SSSR count). The number of rotatable bonds is 6. The lowest BCUT2D eigenvalue weighted by Gasteiger charge is -2.23. The van der Waals surface area contributed by atoms with Gasteiger partial charge in [-0.1, -0.05) is 6.92 Å². The van der Waals surface area contributed by atoms with Crippen LogP contribution < -0.4 is 5.32 Å². The SMILES string of the molecule is COC1CC(CC(=O)O)N(C(=O)c2ccc(NC(=O)C3CC3C)cc2)C1. The van der Waals surface area contributed by atoms with Crippen molar-refractivity contribution in [3.05, 3.63) is 29.8 Å². The van der Waals surface area contributed by atoms with Gasteiger partial charge in [-0.25, -0.2) is 0 Å². The molecule has 2 amide bonds. The van der Waals surface area contributed by atoms with E-state index in [0.717, 1.165) is 6.42 Å². The van der Waals surface area contributed by atoms with Gasteiger partial charge >= 0.3 is 5.97 Å². The topological polar surface area (TPSA) is 95.9 Å². The van der Waals surface area contributed by atoms with Gasteiger partial charge in [0.2, 0.25) is 5.91 Å². The number of anilines is 1. The Morgan fingerprint density at radius 3 is 2.42 bits per heavy atom. The maximum Gasteiger partial charge on any atom is 0.305 e. The highest BCUT2D eigenvalue weighted by atomic mass is 16.5. The largest absolute Gasteiger partial charge is 0.481 e. The molecule has 7 heteroatoms. The minimum Gasteiger partial charge on any atom is -0.481 e. The number of hydrogen-bond donors (Lipinski definition) is 2. The molecule has 1 heterocycles. The molecule has 26 heavy (non-hydrogen) atoms. The van der Waals surface area contributed by atoms with Gasteiger partial charge in [0.25, 0.3) is 5.91 Å². The van der Waals surface area contributed by atoms with Gasteiger partial charge in [-0.2, -0.15) is 0 Å². The Balaban J connectivity index is 1.66. The monoisotopic (exact) mass is 360 g/mol. The highest BCUT2D eigenvalue weighted by Gasteiger charge is 2.39. The number of likely N-dealkylation sites (tertiary alicyclic amines) is 1. The Kier molecular flexibility index (Phi) is 5.27. The van der Waals surface area contributed by atoms with Crippen molar-refractivity contribution < 1.29 is 24.2 Å². The maximum absolute atomic E-state index is 12.8. The van der Waals surface area contributed by atoms with Crippen molar-refractivity contribution in [2.45, 2.75) is 38.3 Å². The van der Waals surface area contributed by atoms with Gasteiger partial charge in [-0.3, -0.25) is 14.4 Å². The molecule has 1 saturated carbocycles. The maximum atomic E-state index is 12.8. The minimum absolute atomic E-state index is 0.0144. The zero-order valence-electron chi connectivity index (χ0n) is 15.0. The summed E-state index contributed by atoms with van der Waals surface area (Å²) in [5.74, 6) is -0.614. The van der Waals surface area contributed by atoms with Gasteiger partial charge in [0.15, 0.2) is 0 Å². The Bertz CT molecular complexity index is 702. The number of nitrogens with one attached hydrogen (secondary N) is 1. The van der Waals surface area contributed by atoms with E-state index in [2.05, 4.69) is 5.32 Å². The number of nitrogens with zero attached hydrogens (tertiary/aromatic N) is 1. The summed E-state index contributed by atoms with van der Waals surface area (Å²) >= 11 is 0. The summed E-state index contributed by atoms with van der Waals surface area (Å²) < 4.78 is 5.30. The van der Waals surface area contributed by atoms with E-state index in [9.17, 15) is 14.4 Å². The van der Waals surface area contributed by atoms with Gasteiger partial charge in [-0.15, -0.1) is 0 Å². The smallest absolute Gasteiger partial charge is 0.305 e. The standard InChI is InChI=1S/C19H24N2O5/c1-11-7-16(11)18(24)20-13-5-3-12(4-6-13)19(25)21-10-15(26-2)8-14(21)9-17(22)23/h3-6,11,14-16H,7-10H2,1-2H3,(H,20,24)(H,22,23). The molecule has 1 aliphatic heterocycles. The number of carbonyl (C=O) groups excluding carboxylic acids is 2. The lowest BCUT2D eigenvalue weighted by Crippen LogP contribution is -2.37. The molecular weight excluding hydrogens is 336 g/mol. The molecule has 0 radical (unpaired) electrons. The molecule has 140 valence electrons. The van der Waals surface area contributed by atoms with Crippen LogP contribution in [0.3, 0.4) is 0 Å². The molecule has 0 aromatic heterocycles. The third-order valence-corrected chi connectivity index (χ3v) is 5.23. The predicted octanol–water partition coefficient (Wildman–Crippen LogP) is 1.99. The summed E-state index contributed by atoms with van der Waals surface area (Å²) in [5.41, 5.74) is 1.12. The van der Waals surface area contributed by atoms with E-state index in [0.29, 0.717) is 30.1 Å². The van der Waals surface area contributed by atoms with Gasteiger partial charge < -0.3 is 20.1 Å². The van der Waals surface area contributed by atoms with Crippen LogP contribution >= 0.6 is 0 Å². The molecule has 1 aliphatic carbocycles. The lowest BCUT2D eigenvalue weighted by atomic mass is 10.1. The number of ether oxygens (including phenoxy) is 1. The molecule has 4 atom stereocenters. The van der Waals surface area contributed by atoms with Gasteiger partial charge in [0, 0.05) is 36.9 Å². The van der Waals surface area contributed by atoms with E-state index in [-0.39, 0.29) is 36.3 Å². The average molecular weight is 360 g/mol. The number of amides is 2. The predicted molar refractivity (Wildman–Crippen MR) is 94.8 cm³/mol. The minimum atomic E-state index is -0.933. The molecule has 1 saturated heterocycles. The van der Waals surface area contributed by atoms with E-state index in [1.807, 2.05) is 6.92 Å². The van der Waals surface area contributed by atoms with Crippen LogP contribution in [-0.2, 0) is 14.3 Å². The zero-order chi connectivity index (χ0) is 18.8. The van der Waals surface area contributed by atoms with Crippen molar-refractivity contribution in [2.75, 3.05) is 19.0 Å². The van der Waals surface area contributed by atoms with E-state index in [1.54, 1.807) is 36.3 Å². The van der Waals surface area contributed by atoms with Crippen molar-refractivity contribution in [2.24, 2.45) is 11.8 Å². The number of carboxylic acid groups (broad SMARTS) is 1. The highest BCUT2D eigenvalue weighted by molar-refractivity contribution is 5.97. The van der Waals surface area contributed by atoms with Crippen molar-refractivity contribution in [3.8, 4) is 0 Å². The average Bonchev–Trinajstić information content (AvgIpc) is 3.21. The van der Waals surface area contributed by atoms with E-state index >= 15 is 0 Å². The number of carbonyl (C=O) groups is 3. The summed E-state index contributed by atoms with van der Waals surface area (Å²) in [6.45, 7) is 2.42. The molecule has 1 aromatic rings. The van der Waals surface area contributed by atoms with Crippen LogP contribution in [0, 0.1) is 11.8 Å². The van der Waals surface area contributed by atoms with Crippen LogP contribution in [0.5, 0.6) is 0 Å². The van der Waals surface area contributed by atoms with Crippen LogP contribution in [0.15, 0.2) is 24.3 Å². The molecule has 7 nitrogen and oxygen atoms in total. The fourth-order valence-electron chi connectivity index (χ4n) is 3.47. The van der Waals surface area contributed by atoms with Crippen LogP contribution in [0.25, 0.3) is 0 Å². The molecule has 2 N–H and O–H groups in total. The third kappa shape index (κ3) is 4.04. The first-order chi connectivity index (χ1) is 12.4. The molecule has 0 bridgehead atoms. The first-order valence-corrected chi connectivity index (χ1v) is 8.85. The Morgan fingerprint density at radius 1 is 1.23 bits per heavy atom. The summed E-state index contributed by atoms with van der Waals surface area (Å²) in [7, 11) is 1.56. The van der Waals surface area contributed by atoms with Gasteiger partial charge in [0.05, 0.1) is 12.5 Å². The molecule has 2 fully saturated rings. The molecule has 4 unspecified atom stereocenters. The Labute approximate surface area is 152 Å². The quantitative estimate of drug-likeness (QED) is 0.809. The number of hydrogen-bond acceptors (Lipinski definition) is 4.